The molecule has 0 radical (unpaired) electrons. The number of aliphatic hydroxyl groups excluding tert-OH is 1. The first-order valence-corrected chi connectivity index (χ1v) is 5.43. The highest BCUT2D eigenvalue weighted by Gasteiger charge is 2.38. The summed E-state index contributed by atoms with van der Waals surface area (Å²) in [4.78, 5) is 0. The Morgan fingerprint density at radius 2 is 2.00 bits per heavy atom. The quantitative estimate of drug-likeness (QED) is 0.895. The molecule has 0 spiro atoms. The number of hydrogen-bond donors (Lipinski definition) is 1. The van der Waals surface area contributed by atoms with Crippen LogP contribution in [0.4, 0.5) is 13.2 Å². The lowest BCUT2D eigenvalue weighted by Crippen LogP contribution is -2.34. The highest BCUT2D eigenvalue weighted by Crippen LogP contribution is 2.29. The number of hydrogen-bond acceptors (Lipinski definition) is 4. The van der Waals surface area contributed by atoms with Gasteiger partial charge in [-0.15, -0.1) is 0 Å². The molecule has 0 fully saturated rings. The zero-order chi connectivity index (χ0) is 14.5. The molecule has 0 aliphatic heterocycles. The fourth-order valence-corrected chi connectivity index (χ4v) is 1.23. The van der Waals surface area contributed by atoms with Crippen molar-refractivity contribution in [1.82, 2.24) is 0 Å². The van der Waals surface area contributed by atoms with Gasteiger partial charge in [0.05, 0.1) is 18.2 Å². The second-order valence-corrected chi connectivity index (χ2v) is 3.57. The third kappa shape index (κ3) is 4.34. The van der Waals surface area contributed by atoms with E-state index < -0.39 is 18.9 Å². The lowest BCUT2D eigenvalue weighted by atomic mass is 10.2. The monoisotopic (exact) mass is 275 g/mol. The first-order valence-electron chi connectivity index (χ1n) is 5.43. The molecule has 1 unspecified atom stereocenters. The summed E-state index contributed by atoms with van der Waals surface area (Å²) in [7, 11) is 0. The zero-order valence-corrected chi connectivity index (χ0v) is 10.1. The Labute approximate surface area is 108 Å². The van der Waals surface area contributed by atoms with Gasteiger partial charge in [-0.1, -0.05) is 0 Å². The number of aliphatic hydroxyl groups is 1. The van der Waals surface area contributed by atoms with Crippen LogP contribution < -0.4 is 9.47 Å². The van der Waals surface area contributed by atoms with Crippen molar-refractivity contribution < 1.29 is 27.8 Å². The van der Waals surface area contributed by atoms with Crippen LogP contribution in [-0.4, -0.2) is 30.6 Å². The summed E-state index contributed by atoms with van der Waals surface area (Å²) < 4.78 is 46.4. The van der Waals surface area contributed by atoms with Crippen LogP contribution in [0.1, 0.15) is 12.5 Å². The van der Waals surface area contributed by atoms with Gasteiger partial charge in [-0.2, -0.15) is 18.4 Å². The second kappa shape index (κ2) is 6.29. The van der Waals surface area contributed by atoms with E-state index in [1.165, 1.54) is 18.2 Å². The van der Waals surface area contributed by atoms with Crippen LogP contribution >= 0.6 is 0 Å². The lowest BCUT2D eigenvalue weighted by Gasteiger charge is -2.17. The van der Waals surface area contributed by atoms with Gasteiger partial charge in [0.1, 0.15) is 6.61 Å². The minimum atomic E-state index is -4.74. The van der Waals surface area contributed by atoms with Crippen molar-refractivity contribution in [3.8, 4) is 17.6 Å². The maximum absolute atomic E-state index is 12.1. The number of alkyl halides is 3. The molecule has 0 heterocycles. The van der Waals surface area contributed by atoms with Gasteiger partial charge in [0, 0.05) is 6.07 Å². The van der Waals surface area contributed by atoms with Crippen LogP contribution in [-0.2, 0) is 0 Å². The van der Waals surface area contributed by atoms with Crippen molar-refractivity contribution in [3.63, 3.8) is 0 Å². The number of benzene rings is 1. The Kier molecular flexibility index (Phi) is 5.01. The fourth-order valence-electron chi connectivity index (χ4n) is 1.23. The molecule has 0 bridgehead atoms. The van der Waals surface area contributed by atoms with E-state index in [1.54, 1.807) is 6.92 Å². The number of nitriles is 1. The highest BCUT2D eigenvalue weighted by molar-refractivity contribution is 5.46. The molecule has 0 aliphatic rings. The topological polar surface area (TPSA) is 62.5 Å². The molecule has 1 N–H and O–H groups in total. The predicted octanol–water partition coefficient (Wildman–Crippen LogP) is 2.26. The van der Waals surface area contributed by atoms with E-state index in [1.807, 2.05) is 6.07 Å². The number of ether oxygens (including phenoxy) is 2. The number of nitrogens with zero attached hydrogens (tertiary/aromatic N) is 1. The molecule has 0 aliphatic carbocycles. The van der Waals surface area contributed by atoms with Crippen LogP contribution in [0, 0.1) is 11.3 Å². The molecule has 7 heteroatoms. The van der Waals surface area contributed by atoms with Crippen LogP contribution in [0.2, 0.25) is 0 Å². The standard InChI is InChI=1S/C12H12F3NO3/c1-2-18-10-5-8(6-16)3-4-9(10)19-7-11(17)12(13,14)15/h3-5,11,17H,2,7H2,1H3. The van der Waals surface area contributed by atoms with Gasteiger partial charge in [0.25, 0.3) is 0 Å². The molecular formula is C12H12F3NO3. The third-order valence-electron chi connectivity index (χ3n) is 2.15. The van der Waals surface area contributed by atoms with E-state index in [4.69, 9.17) is 19.8 Å². The second-order valence-electron chi connectivity index (χ2n) is 3.57. The van der Waals surface area contributed by atoms with Crippen molar-refractivity contribution in [2.75, 3.05) is 13.2 Å². The summed E-state index contributed by atoms with van der Waals surface area (Å²) >= 11 is 0. The highest BCUT2D eigenvalue weighted by atomic mass is 19.4. The summed E-state index contributed by atoms with van der Waals surface area (Å²) in [5.41, 5.74) is 0.298. The molecule has 1 atom stereocenters. The van der Waals surface area contributed by atoms with Gasteiger partial charge in [0.15, 0.2) is 17.6 Å². The molecule has 4 nitrogen and oxygen atoms in total. The summed E-state index contributed by atoms with van der Waals surface area (Å²) in [6.45, 7) is 1.02. The summed E-state index contributed by atoms with van der Waals surface area (Å²) in [5.74, 6) is 0.208. The molecule has 1 rings (SSSR count). The van der Waals surface area contributed by atoms with Gasteiger partial charge >= 0.3 is 6.18 Å². The van der Waals surface area contributed by atoms with E-state index in [2.05, 4.69) is 0 Å². The average Bonchev–Trinajstić information content (AvgIpc) is 2.36. The Hall–Kier alpha value is -1.94. The third-order valence-corrected chi connectivity index (χ3v) is 2.15. The lowest BCUT2D eigenvalue weighted by molar-refractivity contribution is -0.210. The van der Waals surface area contributed by atoms with Gasteiger partial charge < -0.3 is 14.6 Å². The van der Waals surface area contributed by atoms with Crippen LogP contribution in [0.5, 0.6) is 11.5 Å². The number of rotatable bonds is 5. The minimum absolute atomic E-state index is 0.0455. The van der Waals surface area contributed by atoms with E-state index in [0.29, 0.717) is 5.56 Å². The van der Waals surface area contributed by atoms with Crippen molar-refractivity contribution >= 4 is 0 Å². The molecule has 104 valence electrons. The Morgan fingerprint density at radius 3 is 2.53 bits per heavy atom. The van der Waals surface area contributed by atoms with Crippen LogP contribution in [0.15, 0.2) is 18.2 Å². The van der Waals surface area contributed by atoms with E-state index in [-0.39, 0.29) is 18.1 Å². The molecule has 19 heavy (non-hydrogen) atoms. The van der Waals surface area contributed by atoms with Crippen LogP contribution in [0.25, 0.3) is 0 Å². The average molecular weight is 275 g/mol. The van der Waals surface area contributed by atoms with E-state index in [9.17, 15) is 13.2 Å². The van der Waals surface area contributed by atoms with Gasteiger partial charge in [-0.05, 0) is 19.1 Å². The van der Waals surface area contributed by atoms with Gasteiger partial charge in [-0.3, -0.25) is 0 Å². The van der Waals surface area contributed by atoms with E-state index in [0.717, 1.165) is 0 Å². The minimum Gasteiger partial charge on any atom is -0.490 e. The van der Waals surface area contributed by atoms with E-state index >= 15 is 0 Å². The first kappa shape index (κ1) is 15.1. The Bertz CT molecular complexity index is 468. The molecule has 1 aromatic rings. The van der Waals surface area contributed by atoms with Crippen molar-refractivity contribution in [2.24, 2.45) is 0 Å². The molecule has 0 saturated heterocycles. The summed E-state index contributed by atoms with van der Waals surface area (Å²) in [5, 5.41) is 17.5. The van der Waals surface area contributed by atoms with Crippen molar-refractivity contribution in [1.29, 1.82) is 5.26 Å². The first-order chi connectivity index (χ1) is 8.88. The van der Waals surface area contributed by atoms with Crippen LogP contribution in [0.3, 0.4) is 0 Å². The van der Waals surface area contributed by atoms with Gasteiger partial charge in [-0.25, -0.2) is 0 Å². The SMILES string of the molecule is CCOc1cc(C#N)ccc1OCC(O)C(F)(F)F. The normalized spacial score (nSPS) is 12.6. The van der Waals surface area contributed by atoms with Crippen molar-refractivity contribution in [2.45, 2.75) is 19.2 Å². The zero-order valence-electron chi connectivity index (χ0n) is 10.1. The fraction of sp³-hybridized carbons (Fsp3) is 0.417. The van der Waals surface area contributed by atoms with Gasteiger partial charge in [0.2, 0.25) is 0 Å². The maximum Gasteiger partial charge on any atom is 0.417 e. The predicted molar refractivity (Wildman–Crippen MR) is 59.9 cm³/mol. The largest absolute Gasteiger partial charge is 0.490 e. The summed E-state index contributed by atoms with van der Waals surface area (Å²) in [6.07, 6.45) is -7.31. The van der Waals surface area contributed by atoms with Crippen molar-refractivity contribution in [3.05, 3.63) is 23.8 Å². The Balaban J connectivity index is 2.80. The molecule has 0 saturated carbocycles. The molecular weight excluding hydrogens is 263 g/mol. The smallest absolute Gasteiger partial charge is 0.417 e. The Morgan fingerprint density at radius 1 is 1.32 bits per heavy atom. The molecule has 0 aromatic heterocycles. The molecule has 0 amide bonds. The number of halogens is 3. The maximum atomic E-state index is 12.1. The molecule has 1 aromatic carbocycles. The summed E-state index contributed by atoms with van der Waals surface area (Å²) in [6, 6.07) is 5.95.